The maximum absolute atomic E-state index is 5.75. The van der Waals surface area contributed by atoms with Crippen LogP contribution in [0.2, 0.25) is 0 Å². The Balaban J connectivity index is 0.00000100. The van der Waals surface area contributed by atoms with Crippen molar-refractivity contribution in [2.75, 3.05) is 12.8 Å². The van der Waals surface area contributed by atoms with E-state index < -0.39 is 0 Å². The molecule has 3 aromatic rings. The fourth-order valence-corrected chi connectivity index (χ4v) is 2.61. The first-order valence-corrected chi connectivity index (χ1v) is 7.95. The number of hydrogen-bond donors (Lipinski definition) is 1. The van der Waals surface area contributed by atoms with Crippen molar-refractivity contribution in [2.24, 2.45) is 0 Å². The zero-order valence-electron chi connectivity index (χ0n) is 15.1. The maximum atomic E-state index is 5.75. The molecular weight excluding hydrogens is 304 g/mol. The number of nitrogen functional groups attached to an aromatic ring is 1. The van der Waals surface area contributed by atoms with Gasteiger partial charge in [0.25, 0.3) is 0 Å². The van der Waals surface area contributed by atoms with Gasteiger partial charge < -0.3 is 15.0 Å². The van der Waals surface area contributed by atoms with Crippen LogP contribution in [0.15, 0.2) is 12.5 Å². The number of pyridine rings is 1. The molecule has 0 spiro atoms. The molecule has 0 atom stereocenters. The van der Waals surface area contributed by atoms with Crippen LogP contribution in [0.3, 0.4) is 0 Å². The molecule has 7 heteroatoms. The Bertz CT molecular complexity index is 856. The normalized spacial score (nSPS) is 10.4. The monoisotopic (exact) mass is 328 g/mol. The molecule has 0 saturated heterocycles. The molecule has 0 aliphatic heterocycles. The van der Waals surface area contributed by atoms with Crippen molar-refractivity contribution in [1.29, 1.82) is 0 Å². The van der Waals surface area contributed by atoms with E-state index in [-0.39, 0.29) is 5.95 Å². The Morgan fingerprint density at radius 3 is 2.46 bits per heavy atom. The fraction of sp³-hybridized carbons (Fsp3) is 0.412. The molecule has 3 aromatic heterocycles. The lowest BCUT2D eigenvalue weighted by atomic mass is 10.1. The molecule has 128 valence electrons. The molecule has 3 rings (SSSR count). The van der Waals surface area contributed by atoms with E-state index in [0.29, 0.717) is 6.54 Å². The van der Waals surface area contributed by atoms with E-state index in [2.05, 4.69) is 19.9 Å². The molecule has 0 radical (unpaired) electrons. The number of ether oxygens (including phenoxy) is 1. The summed E-state index contributed by atoms with van der Waals surface area (Å²) in [6.07, 6.45) is 3.61. The van der Waals surface area contributed by atoms with Gasteiger partial charge in [-0.3, -0.25) is 4.98 Å². The van der Waals surface area contributed by atoms with Crippen LogP contribution in [0.1, 0.15) is 36.4 Å². The highest BCUT2D eigenvalue weighted by atomic mass is 16.5. The number of aromatic nitrogens is 5. The van der Waals surface area contributed by atoms with Gasteiger partial charge in [-0.1, -0.05) is 13.8 Å². The number of hydrogen-bond acceptors (Lipinski definition) is 6. The molecule has 0 amide bonds. The lowest BCUT2D eigenvalue weighted by molar-refractivity contribution is 0.405. The zero-order chi connectivity index (χ0) is 17.9. The molecule has 2 N–H and O–H groups in total. The van der Waals surface area contributed by atoms with Gasteiger partial charge in [-0.05, 0) is 31.9 Å². The largest absolute Gasteiger partial charge is 0.495 e. The van der Waals surface area contributed by atoms with Gasteiger partial charge in [-0.15, -0.1) is 0 Å². The number of imidazole rings is 1. The lowest BCUT2D eigenvalue weighted by Crippen LogP contribution is -2.06. The number of nitrogens with two attached hydrogens (primary N) is 1. The topological polar surface area (TPSA) is 91.7 Å². The van der Waals surface area contributed by atoms with Crippen molar-refractivity contribution < 1.29 is 4.74 Å². The molecule has 0 aromatic carbocycles. The average Bonchev–Trinajstić information content (AvgIpc) is 2.96. The van der Waals surface area contributed by atoms with Crippen LogP contribution in [0, 0.1) is 20.8 Å². The third-order valence-electron chi connectivity index (χ3n) is 3.77. The highest BCUT2D eigenvalue weighted by Crippen LogP contribution is 2.25. The highest BCUT2D eigenvalue weighted by molar-refractivity contribution is 5.74. The van der Waals surface area contributed by atoms with Gasteiger partial charge in [0.05, 0.1) is 31.4 Å². The van der Waals surface area contributed by atoms with Gasteiger partial charge in [0.15, 0.2) is 5.65 Å². The molecule has 0 aliphatic rings. The molecule has 3 heterocycles. The van der Waals surface area contributed by atoms with Gasteiger partial charge in [-0.2, -0.15) is 4.98 Å². The summed E-state index contributed by atoms with van der Waals surface area (Å²) >= 11 is 0. The first-order chi connectivity index (χ1) is 11.5. The molecule has 0 aliphatic carbocycles. The third-order valence-corrected chi connectivity index (χ3v) is 3.77. The molecule has 24 heavy (non-hydrogen) atoms. The van der Waals surface area contributed by atoms with Gasteiger partial charge >= 0.3 is 0 Å². The van der Waals surface area contributed by atoms with Crippen LogP contribution in [-0.2, 0) is 6.54 Å². The van der Waals surface area contributed by atoms with Crippen LogP contribution in [0.4, 0.5) is 5.95 Å². The summed E-state index contributed by atoms with van der Waals surface area (Å²) in [5, 5.41) is 0. The number of rotatable bonds is 3. The Morgan fingerprint density at radius 1 is 1.08 bits per heavy atom. The standard InChI is InChI=1S/C15H18N6O.C2H6/c1-8-11(5-17-10(3)13(8)22-4)6-21-7-18-12-9(2)19-15(16)20-14(12)21;1-2/h5,7H,6H2,1-4H3,(H2,16,19,20);1-2H3. The van der Waals surface area contributed by atoms with E-state index in [0.717, 1.165) is 39.4 Å². The molecule has 0 bridgehead atoms. The van der Waals surface area contributed by atoms with E-state index in [1.54, 1.807) is 13.4 Å². The molecule has 0 fully saturated rings. The summed E-state index contributed by atoms with van der Waals surface area (Å²) in [6.45, 7) is 10.4. The summed E-state index contributed by atoms with van der Waals surface area (Å²) in [5.41, 5.74) is 11.0. The summed E-state index contributed by atoms with van der Waals surface area (Å²) in [5.74, 6) is 1.07. The second-order valence-electron chi connectivity index (χ2n) is 5.24. The van der Waals surface area contributed by atoms with Gasteiger partial charge in [-0.25, -0.2) is 9.97 Å². The molecular formula is C17H24N6O. The number of aryl methyl sites for hydroxylation is 2. The summed E-state index contributed by atoms with van der Waals surface area (Å²) < 4.78 is 7.37. The van der Waals surface area contributed by atoms with Crippen LogP contribution in [-0.4, -0.2) is 31.6 Å². The van der Waals surface area contributed by atoms with Crippen molar-refractivity contribution in [3.05, 3.63) is 35.0 Å². The van der Waals surface area contributed by atoms with Crippen LogP contribution in [0.5, 0.6) is 5.75 Å². The minimum absolute atomic E-state index is 0.253. The Labute approximate surface area is 141 Å². The third kappa shape index (κ3) is 3.15. The smallest absolute Gasteiger partial charge is 0.222 e. The van der Waals surface area contributed by atoms with Crippen LogP contribution < -0.4 is 10.5 Å². The van der Waals surface area contributed by atoms with Gasteiger partial charge in [0, 0.05) is 6.20 Å². The Kier molecular flexibility index (Phi) is 5.33. The minimum atomic E-state index is 0.253. The van der Waals surface area contributed by atoms with Gasteiger partial charge in [0.1, 0.15) is 11.3 Å². The lowest BCUT2D eigenvalue weighted by Gasteiger charge is -2.13. The second kappa shape index (κ2) is 7.25. The number of fused-ring (bicyclic) bond motifs is 1. The summed E-state index contributed by atoms with van der Waals surface area (Å²) in [4.78, 5) is 17.2. The second-order valence-corrected chi connectivity index (χ2v) is 5.24. The van der Waals surface area contributed by atoms with E-state index in [1.165, 1.54) is 0 Å². The van der Waals surface area contributed by atoms with Gasteiger partial charge in [0.2, 0.25) is 5.95 Å². The van der Waals surface area contributed by atoms with E-state index >= 15 is 0 Å². The number of nitrogens with zero attached hydrogens (tertiary/aromatic N) is 5. The molecule has 0 unspecified atom stereocenters. The predicted octanol–water partition coefficient (Wildman–Crippen LogP) is 2.81. The van der Waals surface area contributed by atoms with E-state index in [9.17, 15) is 0 Å². The predicted molar refractivity (Wildman–Crippen MR) is 95.2 cm³/mol. The SMILES string of the molecule is CC.COc1c(C)ncc(Cn2cnc3c(C)nc(N)nc32)c1C. The first kappa shape index (κ1) is 17.7. The number of anilines is 1. The minimum Gasteiger partial charge on any atom is -0.495 e. The maximum Gasteiger partial charge on any atom is 0.222 e. The zero-order valence-corrected chi connectivity index (χ0v) is 15.1. The molecule has 7 nitrogen and oxygen atoms in total. The Hall–Kier alpha value is -2.70. The quantitative estimate of drug-likeness (QED) is 0.795. The summed E-state index contributed by atoms with van der Waals surface area (Å²) in [7, 11) is 1.66. The molecule has 0 saturated carbocycles. The summed E-state index contributed by atoms with van der Waals surface area (Å²) in [6, 6.07) is 0. The van der Waals surface area contributed by atoms with Crippen molar-refractivity contribution in [2.45, 2.75) is 41.2 Å². The van der Waals surface area contributed by atoms with Crippen LogP contribution >= 0.6 is 0 Å². The van der Waals surface area contributed by atoms with Crippen LogP contribution in [0.25, 0.3) is 11.2 Å². The number of methoxy groups -OCH3 is 1. The van der Waals surface area contributed by atoms with Crippen molar-refractivity contribution in [3.63, 3.8) is 0 Å². The van der Waals surface area contributed by atoms with Crippen molar-refractivity contribution in [1.82, 2.24) is 24.5 Å². The first-order valence-electron chi connectivity index (χ1n) is 7.95. The average molecular weight is 328 g/mol. The van der Waals surface area contributed by atoms with Crippen molar-refractivity contribution in [3.8, 4) is 5.75 Å². The fourth-order valence-electron chi connectivity index (χ4n) is 2.61. The van der Waals surface area contributed by atoms with E-state index in [4.69, 9.17) is 10.5 Å². The highest BCUT2D eigenvalue weighted by Gasteiger charge is 2.13. The van der Waals surface area contributed by atoms with E-state index in [1.807, 2.05) is 45.4 Å². The Morgan fingerprint density at radius 2 is 1.79 bits per heavy atom. The van der Waals surface area contributed by atoms with Crippen molar-refractivity contribution >= 4 is 17.1 Å².